The highest BCUT2D eigenvalue weighted by molar-refractivity contribution is 7.21. The molecule has 0 radical (unpaired) electrons. The summed E-state index contributed by atoms with van der Waals surface area (Å²) in [6, 6.07) is 13.2. The molecule has 1 heterocycles. The molecule has 0 aromatic heterocycles. The summed E-state index contributed by atoms with van der Waals surface area (Å²) in [6.45, 7) is 12.1. The van der Waals surface area contributed by atoms with E-state index in [1.54, 1.807) is 0 Å². The van der Waals surface area contributed by atoms with E-state index in [2.05, 4.69) is 85.6 Å². The van der Waals surface area contributed by atoms with E-state index in [9.17, 15) is 0 Å². The number of likely N-dealkylation sites (N-methyl/N-ethyl adjacent to an activating group) is 2. The van der Waals surface area contributed by atoms with Crippen LogP contribution in [0.4, 0.5) is 5.69 Å². The molecule has 1 aliphatic heterocycles. The lowest BCUT2D eigenvalue weighted by molar-refractivity contribution is 0.311. The predicted molar refractivity (Wildman–Crippen MR) is 124 cm³/mol. The van der Waals surface area contributed by atoms with E-state index in [0.717, 1.165) is 50.4 Å². The molecule has 3 rings (SSSR count). The molecule has 0 spiro atoms. The van der Waals surface area contributed by atoms with Crippen molar-refractivity contribution in [2.24, 2.45) is 0 Å². The van der Waals surface area contributed by atoms with Gasteiger partial charge in [0.1, 0.15) is 13.6 Å². The van der Waals surface area contributed by atoms with Crippen molar-refractivity contribution in [1.82, 2.24) is 14.5 Å². The van der Waals surface area contributed by atoms with Crippen LogP contribution < -0.4 is 14.8 Å². The number of anilines is 1. The second-order valence-corrected chi connectivity index (χ2v) is 8.47. The zero-order valence-electron chi connectivity index (χ0n) is 17.9. The van der Waals surface area contributed by atoms with Crippen molar-refractivity contribution in [3.8, 4) is 10.6 Å². The molecule has 0 N–H and O–H groups in total. The number of fused-ring (bicyclic) bond motifs is 2. The van der Waals surface area contributed by atoms with E-state index in [0.29, 0.717) is 0 Å². The first-order chi connectivity index (χ1) is 13.5. The van der Waals surface area contributed by atoms with Gasteiger partial charge in [-0.05, 0) is 37.4 Å². The monoisotopic (exact) mass is 397 g/mol. The molecule has 150 valence electrons. The molecule has 2 aliphatic rings. The Morgan fingerprint density at radius 1 is 1.00 bits per heavy atom. The molecule has 0 saturated carbocycles. The molecule has 28 heavy (non-hydrogen) atoms. The van der Waals surface area contributed by atoms with Crippen LogP contribution in [0.1, 0.15) is 27.2 Å². The maximum Gasteiger partial charge on any atom is 0.201 e. The minimum absolute atomic E-state index is 1.03. The second kappa shape index (κ2) is 9.48. The van der Waals surface area contributed by atoms with Gasteiger partial charge in [0.2, 0.25) is 5.36 Å². The summed E-state index contributed by atoms with van der Waals surface area (Å²) in [4.78, 5) is 10.9. The lowest BCUT2D eigenvalue weighted by Gasteiger charge is -2.24. The minimum atomic E-state index is 1.03. The van der Waals surface area contributed by atoms with Crippen molar-refractivity contribution in [1.29, 1.82) is 0 Å². The number of aromatic nitrogens is 1. The van der Waals surface area contributed by atoms with E-state index in [-0.39, 0.29) is 0 Å². The highest BCUT2D eigenvalue weighted by Crippen LogP contribution is 2.31. The lowest BCUT2D eigenvalue weighted by Crippen LogP contribution is -2.33. The van der Waals surface area contributed by atoms with Gasteiger partial charge in [-0.3, -0.25) is 0 Å². The highest BCUT2D eigenvalue weighted by Gasteiger charge is 2.11. The Morgan fingerprint density at radius 2 is 1.79 bits per heavy atom. The standard InChI is InChI=1S/C23H33N4S/c1-6-13-25(4)18-9-11-20-22(16-18)28-23-17-19(10-12-21(23)24-20)26(5)14-15-27(7-2)8-3/h9-12,16-17H,6-8,13-15H2,1-5H3/q+1. The van der Waals surface area contributed by atoms with Crippen LogP contribution in [0.3, 0.4) is 0 Å². The van der Waals surface area contributed by atoms with Crippen molar-refractivity contribution < 1.29 is 0 Å². The van der Waals surface area contributed by atoms with Crippen LogP contribution >= 0.6 is 11.3 Å². The quantitative estimate of drug-likeness (QED) is 0.424. The topological polar surface area (TPSA) is 22.4 Å². The maximum absolute atomic E-state index is 4.89. The van der Waals surface area contributed by atoms with E-state index < -0.39 is 0 Å². The van der Waals surface area contributed by atoms with Crippen molar-refractivity contribution in [3.05, 3.63) is 41.8 Å². The van der Waals surface area contributed by atoms with E-state index in [4.69, 9.17) is 4.98 Å². The first kappa shape index (κ1) is 20.7. The van der Waals surface area contributed by atoms with Gasteiger partial charge in [0.05, 0.1) is 20.8 Å². The van der Waals surface area contributed by atoms with Crippen LogP contribution in [0, 0.1) is 0 Å². The third kappa shape index (κ3) is 4.70. The van der Waals surface area contributed by atoms with Crippen LogP contribution in [0.25, 0.3) is 20.8 Å². The van der Waals surface area contributed by atoms with Gasteiger partial charge < -0.3 is 9.80 Å². The van der Waals surface area contributed by atoms with Gasteiger partial charge in [-0.1, -0.05) is 20.8 Å². The molecular weight excluding hydrogens is 364 g/mol. The fourth-order valence-corrected chi connectivity index (χ4v) is 4.53. The zero-order chi connectivity index (χ0) is 20.1. The van der Waals surface area contributed by atoms with E-state index >= 15 is 0 Å². The zero-order valence-corrected chi connectivity index (χ0v) is 18.7. The Balaban J connectivity index is 1.93. The molecule has 1 aromatic carbocycles. The van der Waals surface area contributed by atoms with E-state index in [1.165, 1.54) is 20.6 Å². The summed E-state index contributed by atoms with van der Waals surface area (Å²) >= 11 is 1.84. The Kier molecular flexibility index (Phi) is 7.03. The van der Waals surface area contributed by atoms with Gasteiger partial charge in [0, 0.05) is 44.4 Å². The molecule has 0 atom stereocenters. The van der Waals surface area contributed by atoms with Gasteiger partial charge in [-0.15, -0.1) is 11.3 Å². The summed E-state index contributed by atoms with van der Waals surface area (Å²) in [5.41, 5.74) is 3.41. The van der Waals surface area contributed by atoms with Gasteiger partial charge in [-0.25, -0.2) is 9.56 Å². The summed E-state index contributed by atoms with van der Waals surface area (Å²) in [6.07, 6.45) is 1.15. The number of hydrogen-bond acceptors (Lipinski definition) is 4. The third-order valence-corrected chi connectivity index (χ3v) is 6.53. The van der Waals surface area contributed by atoms with Crippen molar-refractivity contribution in [3.63, 3.8) is 0 Å². The molecule has 5 heteroatoms. The van der Waals surface area contributed by atoms with Crippen LogP contribution in [0.5, 0.6) is 0 Å². The molecule has 0 saturated heterocycles. The second-order valence-electron chi connectivity index (χ2n) is 7.39. The highest BCUT2D eigenvalue weighted by atomic mass is 32.1. The Hall–Kier alpha value is -1.98. The van der Waals surface area contributed by atoms with Crippen LogP contribution in [-0.2, 0) is 0 Å². The van der Waals surface area contributed by atoms with Gasteiger partial charge in [0.25, 0.3) is 0 Å². The summed E-state index contributed by atoms with van der Waals surface area (Å²) in [5.74, 6) is 0. The summed E-state index contributed by atoms with van der Waals surface area (Å²) in [7, 11) is 4.34. The molecule has 0 amide bonds. The average molecular weight is 398 g/mol. The Labute approximate surface area is 173 Å². The first-order valence-electron chi connectivity index (χ1n) is 10.4. The largest absolute Gasteiger partial charge is 0.373 e. The van der Waals surface area contributed by atoms with Gasteiger partial charge >= 0.3 is 0 Å². The molecule has 0 bridgehead atoms. The molecule has 1 aliphatic carbocycles. The fourth-order valence-electron chi connectivity index (χ4n) is 3.50. The summed E-state index contributed by atoms with van der Waals surface area (Å²) < 4.78 is 3.56. The first-order valence-corrected chi connectivity index (χ1v) is 11.2. The Bertz CT molecular complexity index is 958. The lowest BCUT2D eigenvalue weighted by atomic mass is 10.2. The fraction of sp³-hybridized carbons (Fsp3) is 0.478. The SMILES string of the molecule is CCC[N+](C)=c1ccc2nc3ccc(N(C)CCN(CC)CC)cc3sc-2c1. The number of hydrogen-bond donors (Lipinski definition) is 0. The van der Waals surface area contributed by atoms with Crippen molar-refractivity contribution >= 4 is 27.2 Å². The van der Waals surface area contributed by atoms with Gasteiger partial charge in [0.15, 0.2) is 0 Å². The van der Waals surface area contributed by atoms with Crippen LogP contribution in [0.2, 0.25) is 0 Å². The molecule has 0 unspecified atom stereocenters. The summed E-state index contributed by atoms with van der Waals surface area (Å²) in [5, 5.41) is 1.26. The molecule has 1 aromatic rings. The van der Waals surface area contributed by atoms with E-state index in [1.807, 2.05) is 11.3 Å². The predicted octanol–water partition coefficient (Wildman–Crippen LogP) is 3.99. The van der Waals surface area contributed by atoms with Crippen LogP contribution in [0.15, 0.2) is 36.4 Å². The van der Waals surface area contributed by atoms with Crippen LogP contribution in [-0.4, -0.2) is 56.7 Å². The van der Waals surface area contributed by atoms with Gasteiger partial charge in [-0.2, -0.15) is 0 Å². The molecule has 4 nitrogen and oxygen atoms in total. The van der Waals surface area contributed by atoms with Crippen molar-refractivity contribution in [2.45, 2.75) is 27.2 Å². The number of nitrogens with zero attached hydrogens (tertiary/aromatic N) is 4. The molecule has 0 fully saturated rings. The smallest absolute Gasteiger partial charge is 0.201 e. The third-order valence-electron chi connectivity index (χ3n) is 5.43. The minimum Gasteiger partial charge on any atom is -0.373 e. The normalized spacial score (nSPS) is 12.8. The molecular formula is C23H33N4S+. The maximum atomic E-state index is 4.89. The average Bonchev–Trinajstić information content (AvgIpc) is 2.72. The Morgan fingerprint density at radius 3 is 2.50 bits per heavy atom. The number of benzene rings is 2. The number of rotatable bonds is 8. The van der Waals surface area contributed by atoms with Crippen molar-refractivity contribution in [2.75, 3.05) is 51.7 Å².